The molecule has 0 saturated carbocycles. The highest BCUT2D eigenvalue weighted by molar-refractivity contribution is 7.99. The van der Waals surface area contributed by atoms with Gasteiger partial charge in [0.2, 0.25) is 11.1 Å². The van der Waals surface area contributed by atoms with E-state index < -0.39 is 0 Å². The summed E-state index contributed by atoms with van der Waals surface area (Å²) in [4.78, 5) is 20.9. The highest BCUT2D eigenvalue weighted by Gasteiger charge is 2.11. The minimum absolute atomic E-state index is 0.0772. The molecule has 6 nitrogen and oxygen atoms in total. The van der Waals surface area contributed by atoms with Gasteiger partial charge in [0.05, 0.1) is 5.75 Å². The van der Waals surface area contributed by atoms with E-state index in [1.807, 2.05) is 52.0 Å². The minimum Gasteiger partial charge on any atom is -0.325 e. The van der Waals surface area contributed by atoms with Crippen molar-refractivity contribution in [3.05, 3.63) is 46.8 Å². The first-order chi connectivity index (χ1) is 11.4. The number of aryl methyl sites for hydroxylation is 4. The normalized spacial score (nSPS) is 11.0. The largest absolute Gasteiger partial charge is 0.325 e. The maximum absolute atomic E-state index is 12.1. The zero-order valence-corrected chi connectivity index (χ0v) is 14.9. The summed E-state index contributed by atoms with van der Waals surface area (Å²) in [5, 5.41) is 7.86. The molecule has 2 heterocycles. The van der Waals surface area contributed by atoms with Crippen LogP contribution in [0.5, 0.6) is 0 Å². The van der Waals surface area contributed by atoms with Crippen molar-refractivity contribution in [2.45, 2.75) is 32.9 Å². The van der Waals surface area contributed by atoms with Gasteiger partial charge in [0.1, 0.15) is 0 Å². The van der Waals surface area contributed by atoms with Crippen LogP contribution in [0.15, 0.2) is 29.4 Å². The number of benzene rings is 1. The van der Waals surface area contributed by atoms with Gasteiger partial charge in [-0.2, -0.15) is 4.98 Å². The molecule has 0 saturated heterocycles. The summed E-state index contributed by atoms with van der Waals surface area (Å²) in [6.07, 6.45) is 0. The fourth-order valence-corrected chi connectivity index (χ4v) is 3.10. The highest BCUT2D eigenvalue weighted by atomic mass is 32.2. The first kappa shape index (κ1) is 16.4. The third kappa shape index (κ3) is 3.56. The second kappa shape index (κ2) is 6.60. The average Bonchev–Trinajstić information content (AvgIpc) is 2.91. The van der Waals surface area contributed by atoms with E-state index in [0.29, 0.717) is 10.9 Å². The molecule has 24 heavy (non-hydrogen) atoms. The van der Waals surface area contributed by atoms with Crippen LogP contribution in [0.1, 0.15) is 22.5 Å². The molecule has 1 aromatic carbocycles. The second-order valence-corrected chi connectivity index (χ2v) is 6.74. The summed E-state index contributed by atoms with van der Waals surface area (Å²) >= 11 is 1.30. The number of carbonyl (C=O) groups is 1. The summed E-state index contributed by atoms with van der Waals surface area (Å²) < 4.78 is 1.69. The van der Waals surface area contributed by atoms with Crippen molar-refractivity contribution in [3.8, 4) is 0 Å². The first-order valence-electron chi connectivity index (χ1n) is 7.63. The molecule has 1 N–H and O–H groups in total. The molecule has 3 rings (SSSR count). The SMILES string of the molecule is Cc1ccc(NC(=O)CSc2nc3nc(C)cc(C)n3n2)c(C)c1. The lowest BCUT2D eigenvalue weighted by Gasteiger charge is -2.08. The van der Waals surface area contributed by atoms with Gasteiger partial charge in [-0.15, -0.1) is 5.10 Å². The van der Waals surface area contributed by atoms with E-state index in [9.17, 15) is 4.79 Å². The predicted molar refractivity (Wildman–Crippen MR) is 95.5 cm³/mol. The molecule has 0 atom stereocenters. The van der Waals surface area contributed by atoms with Gasteiger partial charge in [-0.25, -0.2) is 9.50 Å². The van der Waals surface area contributed by atoms with Crippen molar-refractivity contribution in [1.29, 1.82) is 0 Å². The molecule has 0 fully saturated rings. The van der Waals surface area contributed by atoms with Crippen LogP contribution in [0, 0.1) is 27.7 Å². The monoisotopic (exact) mass is 341 g/mol. The molecule has 124 valence electrons. The van der Waals surface area contributed by atoms with Crippen LogP contribution < -0.4 is 5.32 Å². The molecule has 1 amide bonds. The van der Waals surface area contributed by atoms with Crippen LogP contribution in [0.25, 0.3) is 5.78 Å². The number of hydrogen-bond donors (Lipinski definition) is 1. The van der Waals surface area contributed by atoms with Crippen LogP contribution in [0.3, 0.4) is 0 Å². The van der Waals surface area contributed by atoms with Gasteiger partial charge in [0.25, 0.3) is 5.78 Å². The Balaban J connectivity index is 1.67. The van der Waals surface area contributed by atoms with Gasteiger partial charge in [0.15, 0.2) is 0 Å². The van der Waals surface area contributed by atoms with Crippen molar-refractivity contribution in [2.75, 3.05) is 11.1 Å². The van der Waals surface area contributed by atoms with Crippen molar-refractivity contribution in [2.24, 2.45) is 0 Å². The number of hydrogen-bond acceptors (Lipinski definition) is 5. The topological polar surface area (TPSA) is 72.2 Å². The Morgan fingerprint density at radius 2 is 1.96 bits per heavy atom. The number of amides is 1. The van der Waals surface area contributed by atoms with Gasteiger partial charge in [0, 0.05) is 17.1 Å². The number of fused-ring (bicyclic) bond motifs is 1. The quantitative estimate of drug-likeness (QED) is 0.738. The van der Waals surface area contributed by atoms with Crippen molar-refractivity contribution >= 4 is 29.1 Å². The number of nitrogens with one attached hydrogen (secondary N) is 1. The van der Waals surface area contributed by atoms with Gasteiger partial charge >= 0.3 is 0 Å². The summed E-state index contributed by atoms with van der Waals surface area (Å²) in [5.41, 5.74) is 4.93. The smallest absolute Gasteiger partial charge is 0.253 e. The lowest BCUT2D eigenvalue weighted by atomic mass is 10.1. The van der Waals surface area contributed by atoms with Gasteiger partial charge < -0.3 is 5.32 Å². The molecule has 2 aromatic heterocycles. The fourth-order valence-electron chi connectivity index (χ4n) is 2.48. The zero-order valence-electron chi connectivity index (χ0n) is 14.1. The number of carbonyl (C=O) groups excluding carboxylic acids is 1. The van der Waals surface area contributed by atoms with Crippen molar-refractivity contribution in [1.82, 2.24) is 19.6 Å². The van der Waals surface area contributed by atoms with Gasteiger partial charge in [-0.05, 0) is 45.4 Å². The molecular weight excluding hydrogens is 322 g/mol. The van der Waals surface area contributed by atoms with E-state index in [4.69, 9.17) is 0 Å². The Kier molecular flexibility index (Phi) is 4.53. The molecule has 0 aliphatic heterocycles. The number of rotatable bonds is 4. The third-order valence-electron chi connectivity index (χ3n) is 3.59. The van der Waals surface area contributed by atoms with Gasteiger partial charge in [-0.1, -0.05) is 29.5 Å². The summed E-state index contributed by atoms with van der Waals surface area (Å²) in [6, 6.07) is 7.90. The zero-order chi connectivity index (χ0) is 17.3. The molecule has 7 heteroatoms. The van der Waals surface area contributed by atoms with Crippen LogP contribution in [-0.4, -0.2) is 31.2 Å². The Morgan fingerprint density at radius 1 is 1.17 bits per heavy atom. The highest BCUT2D eigenvalue weighted by Crippen LogP contribution is 2.18. The minimum atomic E-state index is -0.0772. The fraction of sp³-hybridized carbons (Fsp3) is 0.294. The van der Waals surface area contributed by atoms with E-state index in [1.165, 1.54) is 17.3 Å². The van der Waals surface area contributed by atoms with Crippen molar-refractivity contribution in [3.63, 3.8) is 0 Å². The molecule has 0 unspecified atom stereocenters. The van der Waals surface area contributed by atoms with Crippen LogP contribution >= 0.6 is 11.8 Å². The molecular formula is C17H19N5OS. The number of thioether (sulfide) groups is 1. The summed E-state index contributed by atoms with van der Waals surface area (Å²) in [5.74, 6) is 0.735. The predicted octanol–water partition coefficient (Wildman–Crippen LogP) is 3.09. The van der Waals surface area contributed by atoms with E-state index in [1.54, 1.807) is 4.52 Å². The third-order valence-corrected chi connectivity index (χ3v) is 4.42. The molecule has 0 aliphatic rings. The Bertz CT molecular complexity index is 919. The van der Waals surface area contributed by atoms with E-state index in [-0.39, 0.29) is 11.7 Å². The standard InChI is InChI=1S/C17H19N5OS/c1-10-5-6-14(11(2)7-10)19-15(23)9-24-17-20-16-18-12(3)8-13(4)22(16)21-17/h5-8H,9H2,1-4H3,(H,19,23). The lowest BCUT2D eigenvalue weighted by molar-refractivity contribution is -0.113. The average molecular weight is 341 g/mol. The van der Waals surface area contributed by atoms with E-state index in [0.717, 1.165) is 22.6 Å². The van der Waals surface area contributed by atoms with Crippen LogP contribution in [-0.2, 0) is 4.79 Å². The molecule has 0 aliphatic carbocycles. The molecule has 0 radical (unpaired) electrons. The maximum Gasteiger partial charge on any atom is 0.253 e. The first-order valence-corrected chi connectivity index (χ1v) is 8.62. The summed E-state index contributed by atoms with van der Waals surface area (Å²) in [7, 11) is 0. The number of aromatic nitrogens is 4. The van der Waals surface area contributed by atoms with Crippen LogP contribution in [0.2, 0.25) is 0 Å². The number of nitrogens with zero attached hydrogens (tertiary/aromatic N) is 4. The van der Waals surface area contributed by atoms with Gasteiger partial charge in [-0.3, -0.25) is 4.79 Å². The lowest BCUT2D eigenvalue weighted by Crippen LogP contribution is -2.15. The molecule has 0 spiro atoms. The second-order valence-electron chi connectivity index (χ2n) is 5.80. The van der Waals surface area contributed by atoms with Crippen LogP contribution in [0.4, 0.5) is 5.69 Å². The maximum atomic E-state index is 12.1. The summed E-state index contributed by atoms with van der Waals surface area (Å²) in [6.45, 7) is 7.89. The molecule has 3 aromatic rings. The molecule has 0 bridgehead atoms. The Morgan fingerprint density at radius 3 is 2.71 bits per heavy atom. The Hall–Kier alpha value is -2.41. The Labute approximate surface area is 144 Å². The van der Waals surface area contributed by atoms with E-state index >= 15 is 0 Å². The van der Waals surface area contributed by atoms with Crippen molar-refractivity contribution < 1.29 is 4.79 Å². The van der Waals surface area contributed by atoms with E-state index in [2.05, 4.69) is 20.4 Å². The number of anilines is 1.